The summed E-state index contributed by atoms with van der Waals surface area (Å²) in [6.45, 7) is 3.96. The van der Waals surface area contributed by atoms with Gasteiger partial charge in [0.05, 0.1) is 7.11 Å². The van der Waals surface area contributed by atoms with E-state index >= 15 is 0 Å². The monoisotopic (exact) mass is 257 g/mol. The molecule has 2 rings (SSSR count). The van der Waals surface area contributed by atoms with Crippen molar-refractivity contribution in [2.75, 3.05) is 7.11 Å². The zero-order chi connectivity index (χ0) is 13.8. The first-order valence-corrected chi connectivity index (χ1v) is 6.29. The molecule has 0 saturated heterocycles. The van der Waals surface area contributed by atoms with Crippen molar-refractivity contribution in [1.82, 2.24) is 0 Å². The van der Waals surface area contributed by atoms with Gasteiger partial charge in [0.1, 0.15) is 5.75 Å². The molecule has 2 N–H and O–H groups in total. The Morgan fingerprint density at radius 1 is 1.00 bits per heavy atom. The Morgan fingerprint density at radius 2 is 1.74 bits per heavy atom. The molecule has 0 aliphatic rings. The number of ether oxygens (including phenoxy) is 2. The van der Waals surface area contributed by atoms with E-state index in [1.807, 2.05) is 56.3 Å². The Labute approximate surface area is 114 Å². The molecule has 3 nitrogen and oxygen atoms in total. The molecule has 0 aliphatic carbocycles. The van der Waals surface area contributed by atoms with Crippen LogP contribution in [-0.4, -0.2) is 7.11 Å². The van der Waals surface area contributed by atoms with Crippen molar-refractivity contribution in [3.63, 3.8) is 0 Å². The Bertz CT molecular complexity index is 564. The minimum absolute atomic E-state index is 0.0763. The highest BCUT2D eigenvalue weighted by atomic mass is 16.5. The van der Waals surface area contributed by atoms with E-state index in [-0.39, 0.29) is 6.04 Å². The molecule has 2 aromatic carbocycles. The molecule has 0 unspecified atom stereocenters. The Balaban J connectivity index is 2.36. The summed E-state index contributed by atoms with van der Waals surface area (Å²) in [7, 11) is 1.64. The molecule has 0 fully saturated rings. The van der Waals surface area contributed by atoms with Crippen LogP contribution in [0.5, 0.6) is 17.2 Å². The van der Waals surface area contributed by atoms with Crippen molar-refractivity contribution in [1.29, 1.82) is 0 Å². The molecule has 0 saturated carbocycles. The van der Waals surface area contributed by atoms with Crippen molar-refractivity contribution in [3.8, 4) is 17.2 Å². The van der Waals surface area contributed by atoms with Gasteiger partial charge in [-0.15, -0.1) is 0 Å². The fourth-order valence-corrected chi connectivity index (χ4v) is 1.93. The van der Waals surface area contributed by atoms with Crippen LogP contribution in [0.3, 0.4) is 0 Å². The number of para-hydroxylation sites is 1. The topological polar surface area (TPSA) is 44.5 Å². The molecule has 0 bridgehead atoms. The maximum Gasteiger partial charge on any atom is 0.169 e. The molecule has 2 aromatic rings. The van der Waals surface area contributed by atoms with Gasteiger partial charge >= 0.3 is 0 Å². The van der Waals surface area contributed by atoms with Crippen LogP contribution in [0.1, 0.15) is 24.1 Å². The van der Waals surface area contributed by atoms with Gasteiger partial charge in [-0.25, -0.2) is 0 Å². The van der Waals surface area contributed by atoms with Crippen molar-refractivity contribution in [3.05, 3.63) is 53.6 Å². The van der Waals surface area contributed by atoms with Crippen LogP contribution in [0, 0.1) is 6.92 Å². The van der Waals surface area contributed by atoms with Gasteiger partial charge in [-0.1, -0.05) is 24.3 Å². The molecular weight excluding hydrogens is 238 g/mol. The van der Waals surface area contributed by atoms with Gasteiger partial charge in [0.15, 0.2) is 11.5 Å². The van der Waals surface area contributed by atoms with E-state index in [0.29, 0.717) is 5.75 Å². The number of nitrogens with two attached hydrogens (primary N) is 1. The quantitative estimate of drug-likeness (QED) is 0.905. The third kappa shape index (κ3) is 3.06. The highest BCUT2D eigenvalue weighted by Crippen LogP contribution is 2.34. The lowest BCUT2D eigenvalue weighted by Crippen LogP contribution is -2.06. The molecule has 0 heterocycles. The van der Waals surface area contributed by atoms with Crippen LogP contribution in [0.4, 0.5) is 0 Å². The van der Waals surface area contributed by atoms with Crippen LogP contribution in [-0.2, 0) is 0 Å². The molecule has 100 valence electrons. The third-order valence-electron chi connectivity index (χ3n) is 2.95. The van der Waals surface area contributed by atoms with Gasteiger partial charge in [-0.05, 0) is 37.6 Å². The molecule has 0 aromatic heterocycles. The van der Waals surface area contributed by atoms with E-state index in [1.165, 1.54) is 0 Å². The average Bonchev–Trinajstić information content (AvgIpc) is 2.41. The Hall–Kier alpha value is -2.00. The summed E-state index contributed by atoms with van der Waals surface area (Å²) in [5.74, 6) is 2.18. The molecular formula is C16H19NO2. The highest BCUT2D eigenvalue weighted by molar-refractivity contribution is 5.47. The fourth-order valence-electron chi connectivity index (χ4n) is 1.93. The van der Waals surface area contributed by atoms with Crippen LogP contribution in [0.25, 0.3) is 0 Å². The molecule has 0 spiro atoms. The number of hydrogen-bond donors (Lipinski definition) is 1. The van der Waals surface area contributed by atoms with E-state index in [4.69, 9.17) is 15.2 Å². The number of methoxy groups -OCH3 is 1. The van der Waals surface area contributed by atoms with Crippen molar-refractivity contribution >= 4 is 0 Å². The first-order chi connectivity index (χ1) is 9.11. The predicted molar refractivity (Wildman–Crippen MR) is 76.8 cm³/mol. The second-order valence-corrected chi connectivity index (χ2v) is 4.58. The fraction of sp³-hybridized carbons (Fsp3) is 0.250. The van der Waals surface area contributed by atoms with E-state index < -0.39 is 0 Å². The van der Waals surface area contributed by atoms with Gasteiger partial charge < -0.3 is 15.2 Å². The Morgan fingerprint density at radius 3 is 2.42 bits per heavy atom. The standard InChI is InChI=1S/C16H19NO2/c1-11-8-9-15(16(10-11)18-3)19-14-7-5-4-6-13(14)12(2)17/h4-10,12H,17H2,1-3H3/t12-/m0/s1. The average molecular weight is 257 g/mol. The lowest BCUT2D eigenvalue weighted by Gasteiger charge is -2.15. The van der Waals surface area contributed by atoms with Gasteiger partial charge in [-0.3, -0.25) is 0 Å². The lowest BCUT2D eigenvalue weighted by atomic mass is 10.1. The number of aryl methyl sites for hydroxylation is 1. The first-order valence-electron chi connectivity index (χ1n) is 6.29. The summed E-state index contributed by atoms with van der Waals surface area (Å²) in [6, 6.07) is 13.5. The summed E-state index contributed by atoms with van der Waals surface area (Å²) < 4.78 is 11.3. The van der Waals surface area contributed by atoms with E-state index in [0.717, 1.165) is 22.6 Å². The normalized spacial score (nSPS) is 12.0. The van der Waals surface area contributed by atoms with Gasteiger partial charge in [0.25, 0.3) is 0 Å². The Kier molecular flexibility index (Phi) is 4.07. The third-order valence-corrected chi connectivity index (χ3v) is 2.95. The zero-order valence-electron chi connectivity index (χ0n) is 11.5. The van der Waals surface area contributed by atoms with Gasteiger partial charge in [-0.2, -0.15) is 0 Å². The molecule has 3 heteroatoms. The maximum absolute atomic E-state index is 5.95. The van der Waals surface area contributed by atoms with Gasteiger partial charge in [0.2, 0.25) is 0 Å². The zero-order valence-corrected chi connectivity index (χ0v) is 11.5. The summed E-state index contributed by atoms with van der Waals surface area (Å²) in [5, 5.41) is 0. The first kappa shape index (κ1) is 13.4. The van der Waals surface area contributed by atoms with Crippen LogP contribution < -0.4 is 15.2 Å². The van der Waals surface area contributed by atoms with E-state index in [2.05, 4.69) is 0 Å². The molecule has 0 aliphatic heterocycles. The van der Waals surface area contributed by atoms with Crippen molar-refractivity contribution in [2.45, 2.75) is 19.9 Å². The van der Waals surface area contributed by atoms with Crippen molar-refractivity contribution in [2.24, 2.45) is 5.73 Å². The summed E-state index contributed by atoms with van der Waals surface area (Å²) in [4.78, 5) is 0. The molecule has 0 radical (unpaired) electrons. The van der Waals surface area contributed by atoms with Crippen LogP contribution in [0.2, 0.25) is 0 Å². The largest absolute Gasteiger partial charge is 0.493 e. The molecule has 0 amide bonds. The maximum atomic E-state index is 5.95. The second kappa shape index (κ2) is 5.76. The molecule has 1 atom stereocenters. The predicted octanol–water partition coefficient (Wildman–Crippen LogP) is 3.82. The SMILES string of the molecule is COc1cc(C)ccc1Oc1ccccc1[C@H](C)N. The van der Waals surface area contributed by atoms with Crippen molar-refractivity contribution < 1.29 is 9.47 Å². The number of hydrogen-bond acceptors (Lipinski definition) is 3. The minimum Gasteiger partial charge on any atom is -0.493 e. The molecule has 19 heavy (non-hydrogen) atoms. The smallest absolute Gasteiger partial charge is 0.169 e. The lowest BCUT2D eigenvalue weighted by molar-refractivity contribution is 0.376. The second-order valence-electron chi connectivity index (χ2n) is 4.58. The summed E-state index contributed by atoms with van der Waals surface area (Å²) in [5.41, 5.74) is 8.06. The minimum atomic E-state index is -0.0763. The van der Waals surface area contributed by atoms with Gasteiger partial charge in [0, 0.05) is 11.6 Å². The summed E-state index contributed by atoms with van der Waals surface area (Å²) in [6.07, 6.45) is 0. The summed E-state index contributed by atoms with van der Waals surface area (Å²) >= 11 is 0. The van der Waals surface area contributed by atoms with E-state index in [9.17, 15) is 0 Å². The van der Waals surface area contributed by atoms with E-state index in [1.54, 1.807) is 7.11 Å². The van der Waals surface area contributed by atoms with Crippen LogP contribution in [0.15, 0.2) is 42.5 Å². The number of benzene rings is 2. The van der Waals surface area contributed by atoms with Crippen LogP contribution >= 0.6 is 0 Å². The number of rotatable bonds is 4. The highest BCUT2D eigenvalue weighted by Gasteiger charge is 2.11.